The molecule has 8 aromatic rings. The van der Waals surface area contributed by atoms with Gasteiger partial charge in [0.1, 0.15) is 5.82 Å². The van der Waals surface area contributed by atoms with E-state index in [-0.39, 0.29) is 5.41 Å². The molecule has 2 nitrogen and oxygen atoms in total. The summed E-state index contributed by atoms with van der Waals surface area (Å²) >= 11 is 0. The number of hydrogen-bond donors (Lipinski definition) is 0. The molecule has 45 heavy (non-hydrogen) atoms. The van der Waals surface area contributed by atoms with E-state index in [0.29, 0.717) is 0 Å². The Bertz CT molecular complexity index is 2460. The van der Waals surface area contributed by atoms with Crippen LogP contribution < -0.4 is 0 Å². The molecule has 1 heterocycles. The Morgan fingerprint density at radius 3 is 1.87 bits per heavy atom. The van der Waals surface area contributed by atoms with Crippen LogP contribution in [-0.2, 0) is 12.5 Å². The molecule has 0 saturated heterocycles. The molecular weight excluding hydrogens is 544 g/mol. The maximum Gasteiger partial charge on any atom is 0.140 e. The Morgan fingerprint density at radius 2 is 1.09 bits per heavy atom. The summed E-state index contributed by atoms with van der Waals surface area (Å²) < 4.78 is 2.28. The predicted molar refractivity (Wildman–Crippen MR) is 190 cm³/mol. The van der Waals surface area contributed by atoms with E-state index in [2.05, 4.69) is 165 Å². The van der Waals surface area contributed by atoms with Gasteiger partial charge >= 0.3 is 0 Å². The van der Waals surface area contributed by atoms with Gasteiger partial charge in [-0.25, -0.2) is 4.98 Å². The zero-order valence-electron chi connectivity index (χ0n) is 25.7. The van der Waals surface area contributed by atoms with Gasteiger partial charge in [-0.05, 0) is 84.9 Å². The third-order valence-corrected chi connectivity index (χ3v) is 9.98. The smallest absolute Gasteiger partial charge is 0.140 e. The van der Waals surface area contributed by atoms with Crippen LogP contribution in [-0.4, -0.2) is 9.55 Å². The summed E-state index contributed by atoms with van der Waals surface area (Å²) in [5.41, 5.74) is 13.5. The molecule has 0 amide bonds. The van der Waals surface area contributed by atoms with Gasteiger partial charge in [0.2, 0.25) is 0 Å². The molecule has 2 heteroatoms. The molecular formula is C43H32N2. The van der Waals surface area contributed by atoms with Crippen LogP contribution in [0.1, 0.15) is 25.0 Å². The van der Waals surface area contributed by atoms with E-state index < -0.39 is 0 Å². The van der Waals surface area contributed by atoms with Crippen molar-refractivity contribution >= 4 is 32.6 Å². The third-order valence-electron chi connectivity index (χ3n) is 9.98. The number of imidazole rings is 1. The lowest BCUT2D eigenvalue weighted by Crippen LogP contribution is -2.15. The fraction of sp³-hybridized carbons (Fsp3) is 0.0930. The molecule has 9 rings (SSSR count). The molecule has 0 unspecified atom stereocenters. The number of fused-ring (bicyclic) bond motifs is 7. The summed E-state index contributed by atoms with van der Waals surface area (Å²) in [6, 6.07) is 50.9. The van der Waals surface area contributed by atoms with Crippen LogP contribution in [0, 0.1) is 0 Å². The second-order valence-electron chi connectivity index (χ2n) is 12.9. The SMILES string of the molecule is Cn1c(-c2ccc3c(c2)C(C)(C)c2cc(-c4ccc5ccccc5c4)ccc2-3)nc2cc(-c3ccccc3)c3ccccc3c21. The Hall–Kier alpha value is -5.47. The van der Waals surface area contributed by atoms with Crippen molar-refractivity contribution in [2.75, 3.05) is 0 Å². The summed E-state index contributed by atoms with van der Waals surface area (Å²) in [6.07, 6.45) is 0. The molecule has 0 N–H and O–H groups in total. The molecule has 1 aliphatic rings. The number of hydrogen-bond acceptors (Lipinski definition) is 1. The van der Waals surface area contributed by atoms with Crippen molar-refractivity contribution in [2.24, 2.45) is 7.05 Å². The molecule has 214 valence electrons. The van der Waals surface area contributed by atoms with Crippen molar-refractivity contribution in [1.29, 1.82) is 0 Å². The first kappa shape index (κ1) is 26.0. The van der Waals surface area contributed by atoms with Crippen molar-refractivity contribution in [1.82, 2.24) is 9.55 Å². The number of benzene rings is 7. The van der Waals surface area contributed by atoms with Crippen LogP contribution in [0.15, 0.2) is 140 Å². The first-order chi connectivity index (χ1) is 22.0. The first-order valence-corrected chi connectivity index (χ1v) is 15.7. The van der Waals surface area contributed by atoms with Crippen LogP contribution in [0.5, 0.6) is 0 Å². The van der Waals surface area contributed by atoms with Crippen molar-refractivity contribution in [3.63, 3.8) is 0 Å². The van der Waals surface area contributed by atoms with E-state index >= 15 is 0 Å². The number of aryl methyl sites for hydroxylation is 1. The largest absolute Gasteiger partial charge is 0.327 e. The average Bonchev–Trinajstić information content (AvgIpc) is 3.54. The lowest BCUT2D eigenvalue weighted by Gasteiger charge is -2.22. The van der Waals surface area contributed by atoms with Gasteiger partial charge in [-0.1, -0.05) is 129 Å². The highest BCUT2D eigenvalue weighted by Gasteiger charge is 2.36. The van der Waals surface area contributed by atoms with E-state index in [1.807, 2.05) is 0 Å². The van der Waals surface area contributed by atoms with E-state index in [9.17, 15) is 0 Å². The summed E-state index contributed by atoms with van der Waals surface area (Å²) in [4.78, 5) is 5.28. The molecule has 0 radical (unpaired) electrons. The highest BCUT2D eigenvalue weighted by Crippen LogP contribution is 2.51. The average molecular weight is 577 g/mol. The second kappa shape index (κ2) is 9.51. The van der Waals surface area contributed by atoms with Gasteiger partial charge in [0, 0.05) is 23.4 Å². The molecule has 0 bridgehead atoms. The van der Waals surface area contributed by atoms with E-state index in [0.717, 1.165) is 16.9 Å². The zero-order valence-corrected chi connectivity index (χ0v) is 25.7. The fourth-order valence-electron chi connectivity index (χ4n) is 7.62. The Labute approximate surface area is 263 Å². The Kier molecular flexibility index (Phi) is 5.49. The number of nitrogens with zero attached hydrogens (tertiary/aromatic N) is 2. The summed E-state index contributed by atoms with van der Waals surface area (Å²) in [5.74, 6) is 0.992. The standard InChI is InChI=1S/C43H32N2/c1-43(2)38-24-31(30-18-17-27-11-7-8-14-29(27)23-30)19-21-34(38)35-22-20-32(25-39(35)43)42-44-40-26-37(28-12-5-4-6-13-28)33-15-9-10-16-36(33)41(40)45(42)3/h4-26H,1-3H3. The van der Waals surface area contributed by atoms with Crippen molar-refractivity contribution in [2.45, 2.75) is 19.3 Å². The fourth-order valence-corrected chi connectivity index (χ4v) is 7.62. The zero-order chi connectivity index (χ0) is 30.3. The molecule has 0 aliphatic heterocycles. The van der Waals surface area contributed by atoms with Crippen LogP contribution in [0.25, 0.3) is 77.3 Å². The maximum atomic E-state index is 5.28. The quantitative estimate of drug-likeness (QED) is 0.205. The van der Waals surface area contributed by atoms with Crippen molar-refractivity contribution in [3.05, 3.63) is 151 Å². The normalized spacial score (nSPS) is 13.4. The molecule has 7 aromatic carbocycles. The predicted octanol–water partition coefficient (Wildman–Crippen LogP) is 11.2. The maximum absolute atomic E-state index is 5.28. The highest BCUT2D eigenvalue weighted by atomic mass is 15.1. The van der Waals surface area contributed by atoms with Crippen LogP contribution in [0.2, 0.25) is 0 Å². The van der Waals surface area contributed by atoms with Crippen LogP contribution in [0.4, 0.5) is 0 Å². The molecule has 0 spiro atoms. The lowest BCUT2D eigenvalue weighted by atomic mass is 9.81. The molecule has 0 saturated carbocycles. The van der Waals surface area contributed by atoms with Gasteiger partial charge in [-0.15, -0.1) is 0 Å². The Morgan fingerprint density at radius 1 is 0.489 bits per heavy atom. The third kappa shape index (κ3) is 3.85. The van der Waals surface area contributed by atoms with Gasteiger partial charge in [0.15, 0.2) is 0 Å². The Balaban J connectivity index is 1.17. The summed E-state index contributed by atoms with van der Waals surface area (Å²) in [6.45, 7) is 4.72. The minimum Gasteiger partial charge on any atom is -0.327 e. The van der Waals surface area contributed by atoms with Crippen molar-refractivity contribution in [3.8, 4) is 44.8 Å². The van der Waals surface area contributed by atoms with Crippen molar-refractivity contribution < 1.29 is 0 Å². The summed E-state index contributed by atoms with van der Waals surface area (Å²) in [7, 11) is 2.16. The minimum atomic E-state index is -0.134. The van der Waals surface area contributed by atoms with Gasteiger partial charge in [0.05, 0.1) is 11.0 Å². The van der Waals surface area contributed by atoms with E-state index in [4.69, 9.17) is 4.98 Å². The van der Waals surface area contributed by atoms with Gasteiger partial charge in [-0.3, -0.25) is 0 Å². The first-order valence-electron chi connectivity index (χ1n) is 15.7. The number of aromatic nitrogens is 2. The number of rotatable bonds is 3. The van der Waals surface area contributed by atoms with E-state index in [1.165, 1.54) is 71.6 Å². The molecule has 1 aromatic heterocycles. The van der Waals surface area contributed by atoms with Crippen LogP contribution in [0.3, 0.4) is 0 Å². The monoisotopic (exact) mass is 576 g/mol. The second-order valence-corrected chi connectivity index (χ2v) is 12.9. The highest BCUT2D eigenvalue weighted by molar-refractivity contribution is 6.12. The molecule has 0 fully saturated rings. The van der Waals surface area contributed by atoms with Crippen LogP contribution >= 0.6 is 0 Å². The van der Waals surface area contributed by atoms with Gasteiger partial charge in [-0.2, -0.15) is 0 Å². The lowest BCUT2D eigenvalue weighted by molar-refractivity contribution is 0.660. The van der Waals surface area contributed by atoms with Gasteiger partial charge < -0.3 is 4.57 Å². The molecule has 0 atom stereocenters. The van der Waals surface area contributed by atoms with E-state index in [1.54, 1.807) is 0 Å². The van der Waals surface area contributed by atoms with Gasteiger partial charge in [0.25, 0.3) is 0 Å². The summed E-state index contributed by atoms with van der Waals surface area (Å²) in [5, 5.41) is 5.02. The topological polar surface area (TPSA) is 17.8 Å². The molecule has 1 aliphatic carbocycles. The minimum absolute atomic E-state index is 0.134.